The van der Waals surface area contributed by atoms with Gasteiger partial charge in [0, 0.05) is 24.7 Å². The number of nitrogens with one attached hydrogen (secondary N) is 2. The molecule has 0 saturated carbocycles. The quantitative estimate of drug-likeness (QED) is 0.457. The summed E-state index contributed by atoms with van der Waals surface area (Å²) < 4.78 is 11.2. The average molecular weight is 457 g/mol. The minimum atomic E-state index is -0.191. The van der Waals surface area contributed by atoms with Crippen LogP contribution in [0.5, 0.6) is 5.75 Å². The van der Waals surface area contributed by atoms with Crippen molar-refractivity contribution in [2.75, 3.05) is 33.4 Å². The van der Waals surface area contributed by atoms with E-state index in [9.17, 15) is 4.79 Å². The van der Waals surface area contributed by atoms with Gasteiger partial charge in [0.2, 0.25) is 0 Å². The molecule has 0 aromatic heterocycles. The van der Waals surface area contributed by atoms with E-state index in [2.05, 4.69) is 17.6 Å². The first-order valence-electron chi connectivity index (χ1n) is 9.65. The predicted octanol–water partition coefficient (Wildman–Crippen LogP) is 3.16. The smallest absolute Gasteiger partial charge is 0.257 e. The molecule has 2 aromatic rings. The molecule has 0 aliphatic rings. The van der Waals surface area contributed by atoms with Gasteiger partial charge in [0.05, 0.1) is 19.3 Å². The number of amides is 1. The maximum Gasteiger partial charge on any atom is 0.257 e. The molecule has 0 fully saturated rings. The molecular formula is C22H30Cl2N2O4. The minimum Gasteiger partial charge on any atom is -0.484 e. The summed E-state index contributed by atoms with van der Waals surface area (Å²) in [7, 11) is 1.58. The fraction of sp³-hybridized carbons (Fsp3) is 0.409. The maximum absolute atomic E-state index is 11.2. The zero-order valence-corrected chi connectivity index (χ0v) is 18.8. The highest BCUT2D eigenvalue weighted by Crippen LogP contribution is 2.21. The van der Waals surface area contributed by atoms with Gasteiger partial charge in [-0.2, -0.15) is 0 Å². The van der Waals surface area contributed by atoms with Crippen molar-refractivity contribution >= 4 is 29.9 Å². The van der Waals surface area contributed by atoms with Gasteiger partial charge in [-0.3, -0.25) is 4.79 Å². The van der Waals surface area contributed by atoms with Crippen LogP contribution in [-0.4, -0.2) is 50.5 Å². The van der Waals surface area contributed by atoms with Crippen LogP contribution in [0.25, 0.3) is 0 Å². The van der Waals surface area contributed by atoms with Crippen molar-refractivity contribution in [1.29, 1.82) is 0 Å². The summed E-state index contributed by atoms with van der Waals surface area (Å²) in [4.78, 5) is 11.2. The van der Waals surface area contributed by atoms with Gasteiger partial charge in [0.1, 0.15) is 5.75 Å². The number of halogens is 2. The molecule has 0 aliphatic carbocycles. The third-order valence-electron chi connectivity index (χ3n) is 4.40. The topological polar surface area (TPSA) is 79.8 Å². The van der Waals surface area contributed by atoms with E-state index in [-0.39, 0.29) is 50.3 Å². The lowest BCUT2D eigenvalue weighted by atomic mass is 10.1. The van der Waals surface area contributed by atoms with E-state index in [1.165, 1.54) is 0 Å². The molecule has 6 nitrogen and oxygen atoms in total. The largest absolute Gasteiger partial charge is 0.484 e. The minimum absolute atomic E-state index is 0. The van der Waals surface area contributed by atoms with Crippen LogP contribution in [0.2, 0.25) is 5.02 Å². The Morgan fingerprint density at radius 1 is 1.20 bits per heavy atom. The highest BCUT2D eigenvalue weighted by molar-refractivity contribution is 6.30. The number of rotatable bonds is 12. The Kier molecular flexibility index (Phi) is 12.4. The normalized spacial score (nSPS) is 12.5. The first-order chi connectivity index (χ1) is 14.0. The summed E-state index contributed by atoms with van der Waals surface area (Å²) in [6, 6.07) is 15.5. The number of ether oxygens (including phenoxy) is 2. The molecular weight excluding hydrogens is 427 g/mol. The van der Waals surface area contributed by atoms with Gasteiger partial charge in [0.15, 0.2) is 6.61 Å². The molecule has 0 aliphatic heterocycles. The summed E-state index contributed by atoms with van der Waals surface area (Å²) in [6.07, 6.45) is 0.640. The number of carbonyl (C=O) groups excluding carboxylic acids is 1. The third-order valence-corrected chi connectivity index (χ3v) is 4.63. The number of benzene rings is 2. The van der Waals surface area contributed by atoms with Crippen LogP contribution in [0.15, 0.2) is 48.5 Å². The molecule has 0 saturated heterocycles. The predicted molar refractivity (Wildman–Crippen MR) is 122 cm³/mol. The van der Waals surface area contributed by atoms with Crippen molar-refractivity contribution in [2.24, 2.45) is 0 Å². The van der Waals surface area contributed by atoms with Crippen molar-refractivity contribution < 1.29 is 19.4 Å². The monoisotopic (exact) mass is 456 g/mol. The summed E-state index contributed by atoms with van der Waals surface area (Å²) >= 11 is 6.10. The molecule has 0 bridgehead atoms. The van der Waals surface area contributed by atoms with Crippen molar-refractivity contribution in [3.63, 3.8) is 0 Å². The molecule has 0 spiro atoms. The van der Waals surface area contributed by atoms with Crippen molar-refractivity contribution in [1.82, 2.24) is 10.6 Å². The van der Waals surface area contributed by atoms with Gasteiger partial charge >= 0.3 is 0 Å². The van der Waals surface area contributed by atoms with Gasteiger partial charge in [0.25, 0.3) is 5.91 Å². The molecule has 8 heteroatoms. The number of hydrogen-bond acceptors (Lipinski definition) is 5. The molecule has 0 radical (unpaired) electrons. The summed E-state index contributed by atoms with van der Waals surface area (Å²) in [6.45, 7) is 2.96. The lowest BCUT2D eigenvalue weighted by Crippen LogP contribution is -2.33. The molecule has 2 unspecified atom stereocenters. The van der Waals surface area contributed by atoms with Gasteiger partial charge in [-0.1, -0.05) is 35.9 Å². The standard InChI is InChI=1S/C22H29ClN2O4.ClH/c1-16(12-17-6-8-20(9-7-17)29-15-22(27)24-2)25-14-21(28-11-10-26)18-4-3-5-19(23)13-18;/h3-9,13,16,21,25-26H,10-12,14-15H2,1-2H3,(H,24,27);1H. The van der Waals surface area contributed by atoms with E-state index in [4.69, 9.17) is 26.2 Å². The average Bonchev–Trinajstić information content (AvgIpc) is 2.73. The zero-order chi connectivity index (χ0) is 21.1. The highest BCUT2D eigenvalue weighted by Gasteiger charge is 2.14. The molecule has 0 heterocycles. The van der Waals surface area contributed by atoms with Crippen molar-refractivity contribution in [3.8, 4) is 5.75 Å². The molecule has 2 atom stereocenters. The summed E-state index contributed by atoms with van der Waals surface area (Å²) in [5.41, 5.74) is 2.14. The SMILES string of the molecule is CNC(=O)COc1ccc(CC(C)NCC(OCCO)c2cccc(Cl)c2)cc1.Cl. The van der Waals surface area contributed by atoms with Crippen LogP contribution in [0.1, 0.15) is 24.2 Å². The lowest BCUT2D eigenvalue weighted by Gasteiger charge is -2.22. The van der Waals surface area contributed by atoms with E-state index < -0.39 is 0 Å². The first-order valence-corrected chi connectivity index (χ1v) is 10.0. The Hall–Kier alpha value is -1.83. The lowest BCUT2D eigenvalue weighted by molar-refractivity contribution is -0.122. The van der Waals surface area contributed by atoms with Crippen LogP contribution in [0.3, 0.4) is 0 Å². The number of carbonyl (C=O) groups is 1. The van der Waals surface area contributed by atoms with Crippen LogP contribution in [-0.2, 0) is 16.0 Å². The van der Waals surface area contributed by atoms with E-state index in [0.717, 1.165) is 17.5 Å². The second-order valence-corrected chi connectivity index (χ2v) is 7.19. The molecule has 3 N–H and O–H groups in total. The zero-order valence-electron chi connectivity index (χ0n) is 17.3. The Labute approximate surface area is 189 Å². The summed E-state index contributed by atoms with van der Waals surface area (Å²) in [5.74, 6) is 0.501. The Balaban J connectivity index is 0.00000450. The Morgan fingerprint density at radius 2 is 1.93 bits per heavy atom. The number of hydrogen-bond donors (Lipinski definition) is 3. The second-order valence-electron chi connectivity index (χ2n) is 6.76. The van der Waals surface area contributed by atoms with E-state index in [1.807, 2.05) is 48.5 Å². The molecule has 1 amide bonds. The molecule has 166 valence electrons. The van der Waals surface area contributed by atoms with E-state index in [0.29, 0.717) is 17.3 Å². The van der Waals surface area contributed by atoms with Gasteiger partial charge in [-0.05, 0) is 48.7 Å². The maximum atomic E-state index is 11.2. The van der Waals surface area contributed by atoms with Crippen LogP contribution >= 0.6 is 24.0 Å². The second kappa shape index (κ2) is 14.2. The number of aliphatic hydroxyl groups excluding tert-OH is 1. The molecule has 2 rings (SSSR count). The van der Waals surface area contributed by atoms with Crippen LogP contribution in [0, 0.1) is 0 Å². The highest BCUT2D eigenvalue weighted by atomic mass is 35.5. The number of aliphatic hydroxyl groups is 1. The van der Waals surface area contributed by atoms with Crippen LogP contribution < -0.4 is 15.4 Å². The van der Waals surface area contributed by atoms with E-state index >= 15 is 0 Å². The third kappa shape index (κ3) is 9.32. The fourth-order valence-electron chi connectivity index (χ4n) is 2.85. The van der Waals surface area contributed by atoms with Crippen molar-refractivity contribution in [2.45, 2.75) is 25.5 Å². The number of likely N-dealkylation sites (N-methyl/N-ethyl adjacent to an activating group) is 1. The Bertz CT molecular complexity index is 759. The van der Waals surface area contributed by atoms with Crippen LogP contribution in [0.4, 0.5) is 0 Å². The van der Waals surface area contributed by atoms with Gasteiger partial charge < -0.3 is 25.2 Å². The van der Waals surface area contributed by atoms with E-state index in [1.54, 1.807) is 7.05 Å². The first kappa shape index (κ1) is 26.2. The fourth-order valence-corrected chi connectivity index (χ4v) is 3.05. The molecule has 2 aromatic carbocycles. The van der Waals surface area contributed by atoms with Gasteiger partial charge in [-0.25, -0.2) is 0 Å². The molecule has 30 heavy (non-hydrogen) atoms. The van der Waals surface area contributed by atoms with Gasteiger partial charge in [-0.15, -0.1) is 12.4 Å². The summed E-state index contributed by atoms with van der Waals surface area (Å²) in [5, 5.41) is 15.8. The Morgan fingerprint density at radius 3 is 2.57 bits per heavy atom. The van der Waals surface area contributed by atoms with Crippen molar-refractivity contribution in [3.05, 3.63) is 64.7 Å².